The molecule has 0 aliphatic carbocycles. The van der Waals surface area contributed by atoms with Crippen LogP contribution >= 0.6 is 0 Å². The summed E-state index contributed by atoms with van der Waals surface area (Å²) in [5.41, 5.74) is 1.91. The minimum atomic E-state index is -3.69. The molecule has 1 N–H and O–H groups in total. The zero-order chi connectivity index (χ0) is 17.9. The van der Waals surface area contributed by atoms with Crippen LogP contribution in [0.5, 0.6) is 5.75 Å². The number of hydrogen-bond acceptors (Lipinski definition) is 5. The van der Waals surface area contributed by atoms with E-state index in [-0.39, 0.29) is 23.5 Å². The van der Waals surface area contributed by atoms with Crippen LogP contribution in [0, 0.1) is 20.8 Å². The lowest BCUT2D eigenvalue weighted by molar-refractivity contribution is 0.407. The molecule has 0 atom stereocenters. The summed E-state index contributed by atoms with van der Waals surface area (Å²) >= 11 is 0. The molecule has 7 nitrogen and oxygen atoms in total. The first kappa shape index (κ1) is 18.2. The van der Waals surface area contributed by atoms with Crippen molar-refractivity contribution < 1.29 is 13.2 Å². The van der Waals surface area contributed by atoms with Gasteiger partial charge in [0, 0.05) is 18.8 Å². The third-order valence-corrected chi connectivity index (χ3v) is 5.46. The van der Waals surface area contributed by atoms with Gasteiger partial charge >= 0.3 is 0 Å². The molecule has 2 rings (SSSR count). The molecule has 1 heterocycles. The van der Waals surface area contributed by atoms with Crippen LogP contribution in [0.4, 0.5) is 0 Å². The van der Waals surface area contributed by atoms with Crippen LogP contribution in [-0.4, -0.2) is 31.9 Å². The number of nitrogens with zero attached hydrogens (tertiary/aromatic N) is 2. The van der Waals surface area contributed by atoms with Gasteiger partial charge in [-0.3, -0.25) is 4.79 Å². The maximum Gasteiger partial charge on any atom is 0.266 e. The lowest BCUT2D eigenvalue weighted by atomic mass is 10.1. The van der Waals surface area contributed by atoms with Crippen molar-refractivity contribution >= 4 is 10.0 Å². The van der Waals surface area contributed by atoms with E-state index in [2.05, 4.69) is 9.82 Å². The molecule has 24 heavy (non-hydrogen) atoms. The van der Waals surface area contributed by atoms with Crippen molar-refractivity contribution in [3.8, 4) is 5.75 Å². The second-order valence-corrected chi connectivity index (χ2v) is 7.19. The topological polar surface area (TPSA) is 90.3 Å². The maximum absolute atomic E-state index is 12.6. The molecule has 0 spiro atoms. The predicted octanol–water partition coefficient (Wildman–Crippen LogP) is 1.16. The van der Waals surface area contributed by atoms with Crippen LogP contribution in [0.15, 0.2) is 34.1 Å². The summed E-state index contributed by atoms with van der Waals surface area (Å²) in [7, 11) is -2.13. The average molecular weight is 351 g/mol. The normalized spacial score (nSPS) is 11.5. The van der Waals surface area contributed by atoms with Gasteiger partial charge in [-0.05, 0) is 49.6 Å². The highest BCUT2D eigenvalue weighted by Crippen LogP contribution is 2.30. The minimum Gasteiger partial charge on any atom is -0.496 e. The first-order valence-corrected chi connectivity index (χ1v) is 8.93. The Balaban J connectivity index is 2.22. The molecule has 1 aromatic carbocycles. The molecule has 8 heteroatoms. The van der Waals surface area contributed by atoms with Crippen LogP contribution in [-0.2, 0) is 16.6 Å². The van der Waals surface area contributed by atoms with Crippen LogP contribution in [0.3, 0.4) is 0 Å². The molecule has 0 aliphatic rings. The number of aryl methyl sites for hydroxylation is 1. The molecule has 0 aliphatic heterocycles. The van der Waals surface area contributed by atoms with Crippen LogP contribution in [0.2, 0.25) is 0 Å². The van der Waals surface area contributed by atoms with E-state index in [0.717, 1.165) is 11.1 Å². The Bertz CT molecular complexity index is 904. The highest BCUT2D eigenvalue weighted by molar-refractivity contribution is 7.89. The van der Waals surface area contributed by atoms with Gasteiger partial charge in [0.15, 0.2) is 0 Å². The number of ether oxygens (including phenoxy) is 1. The molecule has 130 valence electrons. The van der Waals surface area contributed by atoms with E-state index in [0.29, 0.717) is 11.3 Å². The number of hydrogen-bond donors (Lipinski definition) is 1. The fourth-order valence-corrected chi connectivity index (χ4v) is 3.94. The maximum atomic E-state index is 12.6. The van der Waals surface area contributed by atoms with Crippen LogP contribution in [0.25, 0.3) is 0 Å². The van der Waals surface area contributed by atoms with Crippen molar-refractivity contribution in [3.63, 3.8) is 0 Å². The fourth-order valence-electron chi connectivity index (χ4n) is 2.53. The van der Waals surface area contributed by atoms with Gasteiger partial charge in [-0.25, -0.2) is 17.8 Å². The van der Waals surface area contributed by atoms with E-state index < -0.39 is 10.0 Å². The number of rotatable bonds is 6. The molecule has 0 bridgehead atoms. The second kappa shape index (κ2) is 7.14. The summed E-state index contributed by atoms with van der Waals surface area (Å²) in [5.74, 6) is 0.687. The molecule has 0 amide bonds. The van der Waals surface area contributed by atoms with Gasteiger partial charge in [-0.1, -0.05) is 0 Å². The average Bonchev–Trinajstić information content (AvgIpc) is 2.53. The van der Waals surface area contributed by atoms with Crippen molar-refractivity contribution in [1.82, 2.24) is 14.5 Å². The van der Waals surface area contributed by atoms with Gasteiger partial charge in [0.2, 0.25) is 10.0 Å². The molecule has 0 saturated carbocycles. The summed E-state index contributed by atoms with van der Waals surface area (Å²) in [6, 6.07) is 4.51. The number of benzene rings is 1. The summed E-state index contributed by atoms with van der Waals surface area (Å²) in [6.45, 7) is 5.61. The van der Waals surface area contributed by atoms with Gasteiger partial charge in [-0.2, -0.15) is 5.10 Å². The predicted molar refractivity (Wildman–Crippen MR) is 90.9 cm³/mol. The lowest BCUT2D eigenvalue weighted by Gasteiger charge is -2.16. The smallest absolute Gasteiger partial charge is 0.266 e. The third-order valence-electron chi connectivity index (χ3n) is 3.87. The van der Waals surface area contributed by atoms with Crippen molar-refractivity contribution in [3.05, 3.63) is 51.4 Å². The van der Waals surface area contributed by atoms with Gasteiger partial charge in [0.25, 0.3) is 5.56 Å². The van der Waals surface area contributed by atoms with Gasteiger partial charge in [-0.15, -0.1) is 0 Å². The zero-order valence-corrected chi connectivity index (χ0v) is 15.0. The number of sulfonamides is 1. The highest BCUT2D eigenvalue weighted by atomic mass is 32.2. The second-order valence-electron chi connectivity index (χ2n) is 5.46. The Labute approximate surface area is 141 Å². The summed E-state index contributed by atoms with van der Waals surface area (Å²) in [4.78, 5) is 11.8. The summed E-state index contributed by atoms with van der Waals surface area (Å²) in [5, 5.41) is 3.89. The van der Waals surface area contributed by atoms with Crippen molar-refractivity contribution in [1.29, 1.82) is 0 Å². The van der Waals surface area contributed by atoms with Gasteiger partial charge in [0.05, 0.1) is 18.6 Å². The minimum absolute atomic E-state index is 0.0722. The third kappa shape index (κ3) is 3.65. The molecule has 2 aromatic rings. The largest absolute Gasteiger partial charge is 0.496 e. The molecule has 0 saturated heterocycles. The van der Waals surface area contributed by atoms with Crippen LogP contribution < -0.4 is 15.0 Å². The summed E-state index contributed by atoms with van der Waals surface area (Å²) in [6.07, 6.45) is 1.48. The Morgan fingerprint density at radius 2 is 1.96 bits per heavy atom. The standard InChI is InChI=1S/C16H21N3O4S/c1-11-10-14(12(2)13(3)16(11)23-4)24(21,22)18-8-9-19-15(20)6-5-7-17-19/h5-7,10,18H,8-9H2,1-4H3. The Morgan fingerprint density at radius 1 is 1.25 bits per heavy atom. The number of nitrogens with one attached hydrogen (secondary N) is 1. The zero-order valence-electron chi connectivity index (χ0n) is 14.2. The Kier molecular flexibility index (Phi) is 5.40. The number of methoxy groups -OCH3 is 1. The van der Waals surface area contributed by atoms with Gasteiger partial charge < -0.3 is 4.74 Å². The first-order chi connectivity index (χ1) is 11.3. The van der Waals surface area contributed by atoms with Crippen molar-refractivity contribution in [2.75, 3.05) is 13.7 Å². The van der Waals surface area contributed by atoms with E-state index >= 15 is 0 Å². The Morgan fingerprint density at radius 3 is 2.58 bits per heavy atom. The first-order valence-electron chi connectivity index (χ1n) is 7.44. The molecule has 0 fully saturated rings. The van der Waals surface area contributed by atoms with E-state index in [1.54, 1.807) is 27.0 Å². The van der Waals surface area contributed by atoms with Crippen molar-refractivity contribution in [2.24, 2.45) is 0 Å². The highest BCUT2D eigenvalue weighted by Gasteiger charge is 2.21. The van der Waals surface area contributed by atoms with Crippen molar-refractivity contribution in [2.45, 2.75) is 32.2 Å². The van der Waals surface area contributed by atoms with E-state index in [4.69, 9.17) is 4.74 Å². The monoisotopic (exact) mass is 351 g/mol. The molecule has 0 radical (unpaired) electrons. The van der Waals surface area contributed by atoms with Gasteiger partial charge in [0.1, 0.15) is 5.75 Å². The number of aromatic nitrogens is 2. The fraction of sp³-hybridized carbons (Fsp3) is 0.375. The van der Waals surface area contributed by atoms with Crippen LogP contribution in [0.1, 0.15) is 16.7 Å². The van der Waals surface area contributed by atoms with E-state index in [1.165, 1.54) is 23.0 Å². The van der Waals surface area contributed by atoms with E-state index in [9.17, 15) is 13.2 Å². The molecular formula is C16H21N3O4S. The molecular weight excluding hydrogens is 330 g/mol. The SMILES string of the molecule is COc1c(C)cc(S(=O)(=O)NCCn2ncccc2=O)c(C)c1C. The molecule has 0 unspecified atom stereocenters. The summed E-state index contributed by atoms with van der Waals surface area (Å²) < 4.78 is 34.2. The Hall–Kier alpha value is -2.19. The van der Waals surface area contributed by atoms with E-state index in [1.807, 2.05) is 6.92 Å². The lowest BCUT2D eigenvalue weighted by Crippen LogP contribution is -2.32. The molecule has 1 aromatic heterocycles. The quantitative estimate of drug-likeness (QED) is 0.843.